The SMILES string of the molecule is C=CCC(C)(C(=O)O)c1ccccc1C. The van der Waals surface area contributed by atoms with E-state index in [1.54, 1.807) is 13.0 Å². The van der Waals surface area contributed by atoms with E-state index in [0.29, 0.717) is 6.42 Å². The third kappa shape index (κ3) is 2.09. The molecule has 1 atom stereocenters. The Morgan fingerprint density at radius 3 is 2.60 bits per heavy atom. The minimum absolute atomic E-state index is 0.438. The van der Waals surface area contributed by atoms with Crippen molar-refractivity contribution in [1.82, 2.24) is 0 Å². The highest BCUT2D eigenvalue weighted by Crippen LogP contribution is 2.30. The molecule has 0 saturated heterocycles. The molecule has 0 spiro atoms. The topological polar surface area (TPSA) is 37.3 Å². The van der Waals surface area contributed by atoms with E-state index >= 15 is 0 Å². The van der Waals surface area contributed by atoms with Gasteiger partial charge in [0.1, 0.15) is 0 Å². The lowest BCUT2D eigenvalue weighted by molar-refractivity contribution is -0.143. The quantitative estimate of drug-likeness (QED) is 0.766. The van der Waals surface area contributed by atoms with E-state index in [9.17, 15) is 9.90 Å². The molecule has 2 heteroatoms. The first-order valence-electron chi connectivity index (χ1n) is 4.93. The maximum atomic E-state index is 11.3. The summed E-state index contributed by atoms with van der Waals surface area (Å²) in [6.07, 6.45) is 2.09. The van der Waals surface area contributed by atoms with Crippen LogP contribution in [0.2, 0.25) is 0 Å². The van der Waals surface area contributed by atoms with Gasteiger partial charge in [0.2, 0.25) is 0 Å². The summed E-state index contributed by atoms with van der Waals surface area (Å²) >= 11 is 0. The minimum Gasteiger partial charge on any atom is -0.481 e. The van der Waals surface area contributed by atoms with Crippen LogP contribution < -0.4 is 0 Å². The molecule has 0 heterocycles. The van der Waals surface area contributed by atoms with Gasteiger partial charge in [-0.2, -0.15) is 0 Å². The van der Waals surface area contributed by atoms with Crippen LogP contribution in [0.5, 0.6) is 0 Å². The smallest absolute Gasteiger partial charge is 0.314 e. The molecule has 15 heavy (non-hydrogen) atoms. The summed E-state index contributed by atoms with van der Waals surface area (Å²) < 4.78 is 0. The Morgan fingerprint density at radius 2 is 2.13 bits per heavy atom. The van der Waals surface area contributed by atoms with Gasteiger partial charge in [-0.1, -0.05) is 30.3 Å². The van der Waals surface area contributed by atoms with E-state index in [0.717, 1.165) is 11.1 Å². The third-order valence-corrected chi connectivity index (χ3v) is 2.76. The second-order valence-corrected chi connectivity index (χ2v) is 3.94. The first-order valence-corrected chi connectivity index (χ1v) is 4.93. The van der Waals surface area contributed by atoms with Crippen molar-refractivity contribution in [3.05, 3.63) is 48.0 Å². The molecule has 0 radical (unpaired) electrons. The summed E-state index contributed by atoms with van der Waals surface area (Å²) in [6, 6.07) is 7.58. The highest BCUT2D eigenvalue weighted by Gasteiger charge is 2.34. The lowest BCUT2D eigenvalue weighted by Gasteiger charge is -2.25. The molecule has 2 nitrogen and oxygen atoms in total. The Morgan fingerprint density at radius 1 is 1.53 bits per heavy atom. The summed E-state index contributed by atoms with van der Waals surface area (Å²) in [4.78, 5) is 11.3. The number of hydrogen-bond acceptors (Lipinski definition) is 1. The van der Waals surface area contributed by atoms with Crippen molar-refractivity contribution >= 4 is 5.97 Å². The molecule has 0 saturated carbocycles. The molecule has 1 rings (SSSR count). The van der Waals surface area contributed by atoms with Gasteiger partial charge in [0, 0.05) is 0 Å². The molecule has 0 aliphatic heterocycles. The van der Waals surface area contributed by atoms with Crippen LogP contribution >= 0.6 is 0 Å². The predicted molar refractivity (Wildman–Crippen MR) is 61.0 cm³/mol. The van der Waals surface area contributed by atoms with Gasteiger partial charge in [-0.25, -0.2) is 0 Å². The zero-order chi connectivity index (χ0) is 11.5. The summed E-state index contributed by atoms with van der Waals surface area (Å²) in [5.41, 5.74) is 0.995. The van der Waals surface area contributed by atoms with Crippen LogP contribution in [0.25, 0.3) is 0 Å². The van der Waals surface area contributed by atoms with Crippen LogP contribution in [0.1, 0.15) is 24.5 Å². The fraction of sp³-hybridized carbons (Fsp3) is 0.308. The van der Waals surface area contributed by atoms with E-state index in [2.05, 4.69) is 6.58 Å². The average Bonchev–Trinajstić information content (AvgIpc) is 2.18. The van der Waals surface area contributed by atoms with Crippen molar-refractivity contribution in [1.29, 1.82) is 0 Å². The second-order valence-electron chi connectivity index (χ2n) is 3.94. The lowest BCUT2D eigenvalue weighted by atomic mass is 9.77. The van der Waals surface area contributed by atoms with Crippen LogP contribution in [0.4, 0.5) is 0 Å². The standard InChI is InChI=1S/C13H16O2/c1-4-9-13(3,12(14)15)11-8-6-5-7-10(11)2/h4-8H,1,9H2,2-3H3,(H,14,15). The van der Waals surface area contributed by atoms with E-state index in [1.807, 2.05) is 31.2 Å². The Balaban J connectivity index is 3.27. The molecule has 1 aromatic rings. The van der Waals surface area contributed by atoms with Gasteiger partial charge < -0.3 is 5.11 Å². The van der Waals surface area contributed by atoms with Gasteiger partial charge in [0.05, 0.1) is 5.41 Å². The highest BCUT2D eigenvalue weighted by molar-refractivity contribution is 5.81. The fourth-order valence-electron chi connectivity index (χ4n) is 1.79. The lowest BCUT2D eigenvalue weighted by Crippen LogP contribution is -2.32. The Bertz CT molecular complexity index is 382. The largest absolute Gasteiger partial charge is 0.481 e. The van der Waals surface area contributed by atoms with Gasteiger partial charge in [0.25, 0.3) is 0 Å². The van der Waals surface area contributed by atoms with Crippen molar-refractivity contribution in [3.63, 3.8) is 0 Å². The van der Waals surface area contributed by atoms with Crippen LogP contribution in [-0.4, -0.2) is 11.1 Å². The zero-order valence-corrected chi connectivity index (χ0v) is 9.16. The van der Waals surface area contributed by atoms with Gasteiger partial charge in [-0.15, -0.1) is 6.58 Å². The van der Waals surface area contributed by atoms with Crippen LogP contribution in [-0.2, 0) is 10.2 Å². The maximum absolute atomic E-state index is 11.3. The highest BCUT2D eigenvalue weighted by atomic mass is 16.4. The summed E-state index contributed by atoms with van der Waals surface area (Å²) in [5, 5.41) is 9.29. The average molecular weight is 204 g/mol. The molecule has 1 unspecified atom stereocenters. The second kappa shape index (κ2) is 4.30. The number of benzene rings is 1. The van der Waals surface area contributed by atoms with Gasteiger partial charge in [-0.3, -0.25) is 4.79 Å². The first kappa shape index (κ1) is 11.5. The monoisotopic (exact) mass is 204 g/mol. The minimum atomic E-state index is -0.868. The molecule has 1 N–H and O–H groups in total. The molecule has 0 aliphatic carbocycles. The third-order valence-electron chi connectivity index (χ3n) is 2.76. The molecule has 80 valence electrons. The zero-order valence-electron chi connectivity index (χ0n) is 9.16. The van der Waals surface area contributed by atoms with Crippen LogP contribution in [0.3, 0.4) is 0 Å². The van der Waals surface area contributed by atoms with Crippen molar-refractivity contribution in [2.24, 2.45) is 0 Å². The first-order chi connectivity index (χ1) is 7.02. The van der Waals surface area contributed by atoms with Crippen LogP contribution in [0.15, 0.2) is 36.9 Å². The Kier molecular flexibility index (Phi) is 3.30. The molecule has 1 aromatic carbocycles. The van der Waals surface area contributed by atoms with Gasteiger partial charge in [0.15, 0.2) is 0 Å². The van der Waals surface area contributed by atoms with E-state index in [1.165, 1.54) is 0 Å². The number of carboxylic acids is 1. The van der Waals surface area contributed by atoms with Crippen molar-refractivity contribution < 1.29 is 9.90 Å². The summed E-state index contributed by atoms with van der Waals surface area (Å²) in [7, 11) is 0. The normalized spacial score (nSPS) is 14.3. The molecular formula is C13H16O2. The van der Waals surface area contributed by atoms with Crippen molar-refractivity contribution in [2.75, 3.05) is 0 Å². The van der Waals surface area contributed by atoms with Gasteiger partial charge in [-0.05, 0) is 31.4 Å². The number of hydrogen-bond donors (Lipinski definition) is 1. The number of carboxylic acid groups (broad SMARTS) is 1. The van der Waals surface area contributed by atoms with E-state index in [4.69, 9.17) is 0 Å². The Hall–Kier alpha value is -1.57. The molecule has 0 fully saturated rings. The predicted octanol–water partition coefficient (Wildman–Crippen LogP) is 2.91. The molecule has 0 aromatic heterocycles. The number of allylic oxidation sites excluding steroid dienone is 1. The maximum Gasteiger partial charge on any atom is 0.314 e. The van der Waals surface area contributed by atoms with Gasteiger partial charge >= 0.3 is 5.97 Å². The molecule has 0 bridgehead atoms. The van der Waals surface area contributed by atoms with Crippen LogP contribution in [0, 0.1) is 6.92 Å². The number of aliphatic carboxylic acids is 1. The summed E-state index contributed by atoms with van der Waals surface area (Å²) in [6.45, 7) is 7.29. The van der Waals surface area contributed by atoms with Crippen molar-refractivity contribution in [3.8, 4) is 0 Å². The number of rotatable bonds is 4. The fourth-order valence-corrected chi connectivity index (χ4v) is 1.79. The summed E-state index contributed by atoms with van der Waals surface area (Å²) in [5.74, 6) is -0.809. The molecular weight excluding hydrogens is 188 g/mol. The Labute approximate surface area is 90.3 Å². The number of carbonyl (C=O) groups is 1. The van der Waals surface area contributed by atoms with E-state index in [-0.39, 0.29) is 0 Å². The van der Waals surface area contributed by atoms with E-state index < -0.39 is 11.4 Å². The van der Waals surface area contributed by atoms with Crippen molar-refractivity contribution in [2.45, 2.75) is 25.7 Å². The molecule has 0 aliphatic rings. The molecule has 0 amide bonds. The number of aryl methyl sites for hydroxylation is 1.